The zero-order valence-electron chi connectivity index (χ0n) is 23.2. The van der Waals surface area contributed by atoms with Crippen LogP contribution in [-0.2, 0) is 11.3 Å². The van der Waals surface area contributed by atoms with Gasteiger partial charge in [0.25, 0.3) is 5.91 Å². The number of nitrogens with one attached hydrogen (secondary N) is 1. The number of fused-ring (bicyclic) bond motifs is 2. The van der Waals surface area contributed by atoms with Crippen LogP contribution in [0.5, 0.6) is 0 Å². The molecule has 2 N–H and O–H groups in total. The second-order valence-corrected chi connectivity index (χ2v) is 12.8. The van der Waals surface area contributed by atoms with E-state index in [4.69, 9.17) is 4.98 Å². The molecule has 2 aromatic heterocycles. The molecule has 216 valence electrons. The van der Waals surface area contributed by atoms with Crippen LogP contribution in [0.25, 0.3) is 32.9 Å². The van der Waals surface area contributed by atoms with Crippen LogP contribution in [0.2, 0.25) is 0 Å². The van der Waals surface area contributed by atoms with Crippen molar-refractivity contribution < 1.29 is 23.5 Å². The molecule has 0 radical (unpaired) electrons. The van der Waals surface area contributed by atoms with Gasteiger partial charge in [0.05, 0.1) is 41.5 Å². The third-order valence-electron chi connectivity index (χ3n) is 9.97. The highest BCUT2D eigenvalue weighted by Gasteiger charge is 2.78. The number of amides is 1. The first-order valence-electron chi connectivity index (χ1n) is 14.5. The van der Waals surface area contributed by atoms with Gasteiger partial charge in [-0.2, -0.15) is 5.10 Å². The fourth-order valence-electron chi connectivity index (χ4n) is 7.97. The molecule has 4 aliphatic carbocycles. The number of carbonyl (C=O) groups excluding carboxylic acids is 1. The number of para-hydroxylation sites is 1. The quantitative estimate of drug-likeness (QED) is 0.220. The lowest BCUT2D eigenvalue weighted by molar-refractivity contribution is -0.232. The van der Waals surface area contributed by atoms with Crippen LogP contribution in [0.4, 0.5) is 8.78 Å². The summed E-state index contributed by atoms with van der Waals surface area (Å²) in [6.45, 7) is 0.325. The number of hydrogen-bond donors (Lipinski definition) is 2. The molecule has 0 saturated heterocycles. The molecular weight excluding hydrogens is 550 g/mol. The number of halogens is 2. The molecule has 9 rings (SSSR count). The fourth-order valence-corrected chi connectivity index (χ4v) is 7.97. The van der Waals surface area contributed by atoms with E-state index in [0.717, 1.165) is 54.8 Å². The van der Waals surface area contributed by atoms with Gasteiger partial charge in [0.15, 0.2) is 0 Å². The van der Waals surface area contributed by atoms with Crippen molar-refractivity contribution in [1.82, 2.24) is 20.1 Å². The van der Waals surface area contributed by atoms with E-state index in [0.29, 0.717) is 28.6 Å². The van der Waals surface area contributed by atoms with Gasteiger partial charge < -0.3 is 10.4 Å². The maximum Gasteiger partial charge on any atom is 0.303 e. The summed E-state index contributed by atoms with van der Waals surface area (Å²) in [6, 6.07) is 18.6. The van der Waals surface area contributed by atoms with Crippen LogP contribution in [0.15, 0.2) is 72.9 Å². The number of hydrogen-bond acceptors (Lipinski definition) is 4. The number of benzene rings is 3. The lowest BCUT2D eigenvalue weighted by Gasteiger charge is -2.73. The third-order valence-corrected chi connectivity index (χ3v) is 9.97. The minimum atomic E-state index is -0.774. The molecule has 2 bridgehead atoms. The van der Waals surface area contributed by atoms with Crippen molar-refractivity contribution in [2.45, 2.75) is 50.6 Å². The van der Waals surface area contributed by atoms with Gasteiger partial charge in [0.1, 0.15) is 11.6 Å². The van der Waals surface area contributed by atoms with E-state index in [2.05, 4.69) is 10.4 Å². The number of carboxylic acids is 1. The average molecular weight is 579 g/mol. The van der Waals surface area contributed by atoms with Crippen LogP contribution < -0.4 is 5.32 Å². The Balaban J connectivity index is 1.17. The van der Waals surface area contributed by atoms with Crippen molar-refractivity contribution in [3.63, 3.8) is 0 Å². The fraction of sp³-hybridized carbons (Fsp3) is 0.294. The monoisotopic (exact) mass is 578 g/mol. The topological polar surface area (TPSA) is 97.1 Å². The number of nitrogens with zero attached hydrogens (tertiary/aromatic N) is 3. The SMILES string of the molecule is O=C(O)CC12CC(C3(NC(=O)c4cc(-c5ccc(F)cc5F)cc5cnn(Cc6ccc7ccccc7n6)c45)CC3)(C1)C2. The van der Waals surface area contributed by atoms with Crippen molar-refractivity contribution in [1.29, 1.82) is 0 Å². The first-order chi connectivity index (χ1) is 20.7. The van der Waals surface area contributed by atoms with E-state index in [9.17, 15) is 23.5 Å². The van der Waals surface area contributed by atoms with Gasteiger partial charge in [-0.3, -0.25) is 19.3 Å². The summed E-state index contributed by atoms with van der Waals surface area (Å²) in [6.07, 6.45) is 5.96. The second kappa shape index (κ2) is 8.92. The van der Waals surface area contributed by atoms with E-state index in [1.165, 1.54) is 12.1 Å². The number of rotatable bonds is 8. The van der Waals surface area contributed by atoms with Gasteiger partial charge in [0, 0.05) is 27.9 Å². The van der Waals surface area contributed by atoms with Crippen LogP contribution in [-0.4, -0.2) is 37.3 Å². The van der Waals surface area contributed by atoms with Gasteiger partial charge >= 0.3 is 5.97 Å². The highest BCUT2D eigenvalue weighted by atomic mass is 19.1. The number of pyridine rings is 1. The van der Waals surface area contributed by atoms with Crippen molar-refractivity contribution in [3.8, 4) is 11.1 Å². The summed E-state index contributed by atoms with van der Waals surface area (Å²) in [4.78, 5) is 30.3. The Bertz CT molecular complexity index is 1980. The molecule has 4 aliphatic rings. The van der Waals surface area contributed by atoms with Gasteiger partial charge in [0.2, 0.25) is 0 Å². The third kappa shape index (κ3) is 4.05. The molecule has 1 amide bonds. The van der Waals surface area contributed by atoms with E-state index >= 15 is 0 Å². The molecular formula is C34H28F2N4O3. The van der Waals surface area contributed by atoms with E-state index in [1.807, 2.05) is 36.4 Å². The molecule has 0 unspecified atom stereocenters. The minimum absolute atomic E-state index is 0.0623. The zero-order chi connectivity index (χ0) is 29.6. The number of carboxylic acid groups (broad SMARTS) is 1. The van der Waals surface area contributed by atoms with Crippen LogP contribution in [0, 0.1) is 22.5 Å². The predicted octanol–water partition coefficient (Wildman–Crippen LogP) is 6.49. The highest BCUT2D eigenvalue weighted by Crippen LogP contribution is 2.82. The average Bonchev–Trinajstić information content (AvgIpc) is 3.60. The normalized spacial score (nSPS) is 23.0. The molecule has 2 heterocycles. The largest absolute Gasteiger partial charge is 0.481 e. The van der Waals surface area contributed by atoms with Crippen LogP contribution in [0.1, 0.15) is 54.6 Å². The summed E-state index contributed by atoms with van der Waals surface area (Å²) in [5.74, 6) is -2.44. The maximum absolute atomic E-state index is 14.9. The Morgan fingerprint density at radius 1 is 0.953 bits per heavy atom. The summed E-state index contributed by atoms with van der Waals surface area (Å²) in [5.41, 5.74) is 2.68. The molecule has 0 atom stereocenters. The second-order valence-electron chi connectivity index (χ2n) is 12.8. The van der Waals surface area contributed by atoms with Crippen molar-refractivity contribution in [2.75, 3.05) is 0 Å². The van der Waals surface area contributed by atoms with Crippen molar-refractivity contribution >= 4 is 33.7 Å². The Labute approximate surface area is 245 Å². The zero-order valence-corrected chi connectivity index (χ0v) is 23.2. The Hall–Kier alpha value is -4.66. The first kappa shape index (κ1) is 26.0. The Kier molecular flexibility index (Phi) is 5.40. The van der Waals surface area contributed by atoms with Gasteiger partial charge in [-0.1, -0.05) is 24.3 Å². The highest BCUT2D eigenvalue weighted by molar-refractivity contribution is 6.08. The standard InChI is InChI=1S/C34H28F2N4O3/c35-23-6-8-25(27(36)13-23)21-11-22-15-37-40(16-24-7-5-20-3-1-2-4-28(20)38-24)30(22)26(12-21)31(43)39-34(9-10-34)33-17-32(18-33,19-33)14-29(41)42/h1-8,11-13,15H,9-10,14,16-19H2,(H,39,43)(H,41,42). The molecule has 5 aromatic rings. The molecule has 7 nitrogen and oxygen atoms in total. The van der Waals surface area contributed by atoms with E-state index in [-0.39, 0.29) is 34.3 Å². The molecule has 0 aliphatic heterocycles. The van der Waals surface area contributed by atoms with E-state index < -0.39 is 17.6 Å². The number of carbonyl (C=O) groups is 2. The smallest absolute Gasteiger partial charge is 0.303 e. The van der Waals surface area contributed by atoms with Gasteiger partial charge in [-0.25, -0.2) is 8.78 Å². The van der Waals surface area contributed by atoms with Crippen LogP contribution >= 0.6 is 0 Å². The van der Waals surface area contributed by atoms with E-state index in [1.54, 1.807) is 23.0 Å². The molecule has 4 saturated carbocycles. The Morgan fingerprint density at radius 3 is 2.49 bits per heavy atom. The molecule has 0 spiro atoms. The van der Waals surface area contributed by atoms with Crippen LogP contribution in [0.3, 0.4) is 0 Å². The van der Waals surface area contributed by atoms with Crippen molar-refractivity contribution in [3.05, 3.63) is 95.8 Å². The minimum Gasteiger partial charge on any atom is -0.481 e. The first-order valence-corrected chi connectivity index (χ1v) is 14.5. The molecule has 4 fully saturated rings. The molecule has 9 heteroatoms. The summed E-state index contributed by atoms with van der Waals surface area (Å²) >= 11 is 0. The summed E-state index contributed by atoms with van der Waals surface area (Å²) < 4.78 is 30.4. The number of aliphatic carboxylic acids is 1. The summed E-state index contributed by atoms with van der Waals surface area (Å²) in [7, 11) is 0. The molecule has 3 aromatic carbocycles. The van der Waals surface area contributed by atoms with Gasteiger partial charge in [-0.15, -0.1) is 0 Å². The predicted molar refractivity (Wildman–Crippen MR) is 156 cm³/mol. The molecule has 43 heavy (non-hydrogen) atoms. The van der Waals surface area contributed by atoms with Gasteiger partial charge in [-0.05, 0) is 84.9 Å². The Morgan fingerprint density at radius 2 is 1.74 bits per heavy atom. The lowest BCUT2D eigenvalue weighted by atomic mass is 9.31. The lowest BCUT2D eigenvalue weighted by Crippen LogP contribution is -2.71. The number of aromatic nitrogens is 3. The summed E-state index contributed by atoms with van der Waals surface area (Å²) in [5, 5.41) is 18.9. The maximum atomic E-state index is 14.9. The van der Waals surface area contributed by atoms with Crippen molar-refractivity contribution in [2.24, 2.45) is 10.8 Å².